The van der Waals surface area contributed by atoms with Crippen LogP contribution in [-0.4, -0.2) is 29.1 Å². The molecule has 0 aliphatic carbocycles. The van der Waals surface area contributed by atoms with Crippen molar-refractivity contribution in [2.24, 2.45) is 0 Å². The number of hydrogen-bond acceptors (Lipinski definition) is 4. The van der Waals surface area contributed by atoms with E-state index in [9.17, 15) is 4.79 Å². The molecular weight excluding hydrogens is 298 g/mol. The average molecular weight is 314 g/mol. The number of carbonyl (C=O) groups excluding carboxylic acids is 1. The molecule has 1 aromatic heterocycles. The molecule has 1 aliphatic rings. The number of rotatable bonds is 3. The average Bonchev–Trinajstić information content (AvgIpc) is 2.40. The summed E-state index contributed by atoms with van der Waals surface area (Å²) in [5.41, 5.74) is 3.63. The van der Waals surface area contributed by atoms with Gasteiger partial charge in [0.05, 0.1) is 6.54 Å². The smallest absolute Gasteiger partial charge is 0.353 e. The molecule has 98 valence electrons. The lowest BCUT2D eigenvalue weighted by molar-refractivity contribution is 0.0477. The molecule has 2 rings (SSSR count). The lowest BCUT2D eigenvalue weighted by atomic mass is 10.1. The Bertz CT molecular complexity index is 408. The summed E-state index contributed by atoms with van der Waals surface area (Å²) < 4.78 is 0.907. The minimum atomic E-state index is -0.294. The van der Waals surface area contributed by atoms with Crippen molar-refractivity contribution in [3.8, 4) is 0 Å². The van der Waals surface area contributed by atoms with Crippen LogP contribution in [-0.2, 0) is 11.4 Å². The summed E-state index contributed by atoms with van der Waals surface area (Å²) in [7, 11) is 0. The molecule has 0 saturated carbocycles. The largest absolute Gasteiger partial charge is 0.428 e. The summed E-state index contributed by atoms with van der Waals surface area (Å²) in [5.74, 6) is 0. The maximum atomic E-state index is 11.7. The van der Waals surface area contributed by atoms with E-state index in [1.807, 2.05) is 6.07 Å². The van der Waals surface area contributed by atoms with Crippen LogP contribution >= 0.6 is 15.9 Å². The first-order valence-electron chi connectivity index (χ1n) is 6.04. The number of nitrogens with one attached hydrogen (secondary N) is 1. The lowest BCUT2D eigenvalue weighted by Gasteiger charge is -2.25. The molecule has 0 aromatic carbocycles. The highest BCUT2D eigenvalue weighted by Crippen LogP contribution is 2.10. The van der Waals surface area contributed by atoms with Crippen molar-refractivity contribution >= 4 is 22.0 Å². The topological polar surface area (TPSA) is 54.5 Å². The van der Waals surface area contributed by atoms with Gasteiger partial charge in [0.15, 0.2) is 0 Å². The molecule has 0 radical (unpaired) electrons. The van der Waals surface area contributed by atoms with Crippen molar-refractivity contribution in [2.75, 3.05) is 13.1 Å². The number of hydrogen-bond donors (Lipinski definition) is 1. The number of aromatic nitrogens is 1. The third-order valence-electron chi connectivity index (χ3n) is 2.81. The molecule has 0 atom stereocenters. The number of pyridine rings is 1. The summed E-state index contributed by atoms with van der Waals surface area (Å²) in [4.78, 5) is 22.5. The Hall–Kier alpha value is -1.14. The van der Waals surface area contributed by atoms with E-state index < -0.39 is 0 Å². The molecule has 1 aromatic rings. The number of nitrogens with zero attached hydrogens (tertiary/aromatic N) is 2. The van der Waals surface area contributed by atoms with Gasteiger partial charge in [-0.2, -0.15) is 0 Å². The van der Waals surface area contributed by atoms with Crippen molar-refractivity contribution in [1.29, 1.82) is 0 Å². The van der Waals surface area contributed by atoms with Gasteiger partial charge in [-0.25, -0.2) is 4.79 Å². The minimum Gasteiger partial charge on any atom is -0.353 e. The number of carbonyl (C=O) groups is 1. The van der Waals surface area contributed by atoms with Gasteiger partial charge in [0.25, 0.3) is 0 Å². The van der Waals surface area contributed by atoms with Gasteiger partial charge in [0.1, 0.15) is 0 Å². The van der Waals surface area contributed by atoms with Gasteiger partial charge in [0.2, 0.25) is 0 Å². The highest BCUT2D eigenvalue weighted by Gasteiger charge is 2.17. The summed E-state index contributed by atoms with van der Waals surface area (Å²) >= 11 is 3.34. The second-order valence-corrected chi connectivity index (χ2v) is 5.16. The van der Waals surface area contributed by atoms with E-state index in [2.05, 4.69) is 26.4 Å². The lowest BCUT2D eigenvalue weighted by Crippen LogP contribution is -2.38. The fraction of sp³-hybridized carbons (Fsp3) is 0.500. The van der Waals surface area contributed by atoms with Gasteiger partial charge >= 0.3 is 6.09 Å². The zero-order valence-electron chi connectivity index (χ0n) is 10.1. The predicted molar refractivity (Wildman–Crippen MR) is 70.7 cm³/mol. The van der Waals surface area contributed by atoms with Crippen LogP contribution in [0.3, 0.4) is 0 Å². The molecule has 5 nitrogen and oxygen atoms in total. The Morgan fingerprint density at radius 1 is 1.39 bits per heavy atom. The second kappa shape index (κ2) is 6.70. The number of halogens is 1. The van der Waals surface area contributed by atoms with Gasteiger partial charge < -0.3 is 9.74 Å². The third kappa shape index (κ3) is 3.96. The molecule has 1 N–H and O–H groups in total. The molecule has 1 amide bonds. The van der Waals surface area contributed by atoms with Crippen LogP contribution in [0.15, 0.2) is 22.9 Å². The normalized spacial score (nSPS) is 15.5. The van der Waals surface area contributed by atoms with Crippen LogP contribution in [0, 0.1) is 0 Å². The van der Waals surface area contributed by atoms with Crippen molar-refractivity contribution in [2.45, 2.75) is 25.8 Å². The van der Waals surface area contributed by atoms with Crippen LogP contribution in [0.25, 0.3) is 0 Å². The summed E-state index contributed by atoms with van der Waals surface area (Å²) in [6.45, 7) is 2.03. The van der Waals surface area contributed by atoms with Crippen molar-refractivity contribution < 1.29 is 9.63 Å². The number of piperidine rings is 1. The van der Waals surface area contributed by atoms with Gasteiger partial charge in [-0.1, -0.05) is 0 Å². The summed E-state index contributed by atoms with van der Waals surface area (Å²) in [5, 5.41) is 0. The fourth-order valence-corrected chi connectivity index (χ4v) is 2.29. The predicted octanol–water partition coefficient (Wildman–Crippen LogP) is 2.47. The fourth-order valence-electron chi connectivity index (χ4n) is 1.87. The van der Waals surface area contributed by atoms with E-state index in [4.69, 9.17) is 4.84 Å². The van der Waals surface area contributed by atoms with Gasteiger partial charge in [-0.05, 0) is 46.8 Å². The quantitative estimate of drug-likeness (QED) is 0.871. The Morgan fingerprint density at radius 3 is 2.89 bits per heavy atom. The Labute approximate surface area is 115 Å². The van der Waals surface area contributed by atoms with E-state index in [-0.39, 0.29) is 6.09 Å². The highest BCUT2D eigenvalue weighted by atomic mass is 79.9. The van der Waals surface area contributed by atoms with E-state index in [1.165, 1.54) is 6.42 Å². The van der Waals surface area contributed by atoms with Gasteiger partial charge in [0, 0.05) is 30.0 Å². The standard InChI is InChI=1S/C12H16BrN3O2/c13-11-6-10(7-14-9-11)8-15-18-12(17)16-4-2-1-3-5-16/h6-7,9,15H,1-5,8H2. The summed E-state index contributed by atoms with van der Waals surface area (Å²) in [6, 6.07) is 1.93. The van der Waals surface area contributed by atoms with E-state index in [0.717, 1.165) is 36.0 Å². The molecule has 1 aliphatic heterocycles. The van der Waals surface area contributed by atoms with Crippen molar-refractivity contribution in [3.05, 3.63) is 28.5 Å². The number of hydroxylamine groups is 1. The maximum absolute atomic E-state index is 11.7. The maximum Gasteiger partial charge on any atom is 0.428 e. The van der Waals surface area contributed by atoms with Crippen molar-refractivity contribution in [3.63, 3.8) is 0 Å². The van der Waals surface area contributed by atoms with Crippen molar-refractivity contribution in [1.82, 2.24) is 15.4 Å². The molecule has 6 heteroatoms. The molecule has 1 fully saturated rings. The van der Waals surface area contributed by atoms with Crippen LogP contribution in [0.4, 0.5) is 4.79 Å². The Morgan fingerprint density at radius 2 is 2.17 bits per heavy atom. The number of likely N-dealkylation sites (tertiary alicyclic amines) is 1. The summed E-state index contributed by atoms with van der Waals surface area (Å²) in [6.07, 6.45) is 6.46. The van der Waals surface area contributed by atoms with Crippen LogP contribution < -0.4 is 5.48 Å². The van der Waals surface area contributed by atoms with Gasteiger partial charge in [-0.3, -0.25) is 4.98 Å². The van der Waals surface area contributed by atoms with Crippen LogP contribution in [0.5, 0.6) is 0 Å². The highest BCUT2D eigenvalue weighted by molar-refractivity contribution is 9.10. The Kier molecular flexibility index (Phi) is 4.95. The van der Waals surface area contributed by atoms with E-state index >= 15 is 0 Å². The molecule has 1 saturated heterocycles. The molecule has 0 spiro atoms. The minimum absolute atomic E-state index is 0.294. The van der Waals surface area contributed by atoms with Crippen LogP contribution in [0.2, 0.25) is 0 Å². The first-order valence-corrected chi connectivity index (χ1v) is 6.83. The van der Waals surface area contributed by atoms with Gasteiger partial charge in [-0.15, -0.1) is 5.48 Å². The molecule has 0 unspecified atom stereocenters. The van der Waals surface area contributed by atoms with E-state index in [1.54, 1.807) is 17.3 Å². The van der Waals surface area contributed by atoms with Crippen LogP contribution in [0.1, 0.15) is 24.8 Å². The number of amides is 1. The third-order valence-corrected chi connectivity index (χ3v) is 3.25. The molecule has 2 heterocycles. The monoisotopic (exact) mass is 313 g/mol. The molecule has 18 heavy (non-hydrogen) atoms. The Balaban J connectivity index is 1.73. The second-order valence-electron chi connectivity index (χ2n) is 4.25. The first kappa shape index (κ1) is 13.3. The molecule has 0 bridgehead atoms. The molecular formula is C12H16BrN3O2. The van der Waals surface area contributed by atoms with E-state index in [0.29, 0.717) is 6.54 Å². The zero-order valence-corrected chi connectivity index (χ0v) is 11.6. The SMILES string of the molecule is O=C(ONCc1cncc(Br)c1)N1CCCCC1. The first-order chi connectivity index (χ1) is 8.75. The zero-order chi connectivity index (χ0) is 12.8.